The fourth-order valence-corrected chi connectivity index (χ4v) is 2.63. The molecule has 1 aromatic heterocycles. The molecule has 0 saturated carbocycles. The van der Waals surface area contributed by atoms with Crippen molar-refractivity contribution in [3.8, 4) is 0 Å². The maximum absolute atomic E-state index is 11.8. The van der Waals surface area contributed by atoms with E-state index in [1.807, 2.05) is 37.3 Å². The summed E-state index contributed by atoms with van der Waals surface area (Å²) in [6.45, 7) is 3.65. The van der Waals surface area contributed by atoms with Crippen LogP contribution in [0.15, 0.2) is 36.7 Å². The molecule has 0 aliphatic carbocycles. The van der Waals surface area contributed by atoms with Crippen molar-refractivity contribution in [3.05, 3.63) is 52.3 Å². The maximum Gasteiger partial charge on any atom is 0.353 e. The van der Waals surface area contributed by atoms with Crippen LogP contribution in [0.5, 0.6) is 0 Å². The van der Waals surface area contributed by atoms with Crippen LogP contribution in [0.2, 0.25) is 0 Å². The summed E-state index contributed by atoms with van der Waals surface area (Å²) in [7, 11) is 3.16. The molecule has 2 rings (SSSR count). The highest BCUT2D eigenvalue weighted by atomic mass is 16.6. The molecule has 1 aromatic carbocycles. The molecule has 1 unspecified atom stereocenters. The van der Waals surface area contributed by atoms with Crippen LogP contribution < -0.4 is 10.2 Å². The van der Waals surface area contributed by atoms with E-state index in [1.54, 1.807) is 19.1 Å². The second kappa shape index (κ2) is 10.4. The van der Waals surface area contributed by atoms with Gasteiger partial charge in [0.1, 0.15) is 6.33 Å². The molecule has 0 radical (unpaired) electrons. The van der Waals surface area contributed by atoms with Gasteiger partial charge >= 0.3 is 5.69 Å². The zero-order chi connectivity index (χ0) is 19.6. The van der Waals surface area contributed by atoms with Crippen molar-refractivity contribution in [2.75, 3.05) is 50.7 Å². The van der Waals surface area contributed by atoms with Gasteiger partial charge in [-0.05, 0) is 12.5 Å². The monoisotopic (exact) mass is 375 g/mol. The van der Waals surface area contributed by atoms with Gasteiger partial charge < -0.3 is 19.7 Å². The molecule has 27 heavy (non-hydrogen) atoms. The van der Waals surface area contributed by atoms with E-state index in [9.17, 15) is 10.1 Å². The largest absolute Gasteiger partial charge is 0.383 e. The highest BCUT2D eigenvalue weighted by Gasteiger charge is 2.27. The van der Waals surface area contributed by atoms with Crippen molar-refractivity contribution in [2.45, 2.75) is 13.0 Å². The van der Waals surface area contributed by atoms with Gasteiger partial charge in [-0.3, -0.25) is 10.1 Å². The average molecular weight is 375 g/mol. The Morgan fingerprint density at radius 3 is 2.33 bits per heavy atom. The number of nitrogens with zero attached hydrogens (tertiary/aromatic N) is 4. The predicted octanol–water partition coefficient (Wildman–Crippen LogP) is 2.66. The van der Waals surface area contributed by atoms with Gasteiger partial charge in [0.05, 0.1) is 24.2 Å². The van der Waals surface area contributed by atoms with Crippen LogP contribution >= 0.6 is 0 Å². The summed E-state index contributed by atoms with van der Waals surface area (Å²) in [4.78, 5) is 21.4. The van der Waals surface area contributed by atoms with Gasteiger partial charge in [0.15, 0.2) is 0 Å². The topological polar surface area (TPSA) is 103 Å². The summed E-state index contributed by atoms with van der Waals surface area (Å²) in [5, 5.41) is 14.9. The number of benzene rings is 1. The first-order valence-corrected chi connectivity index (χ1v) is 8.62. The van der Waals surface area contributed by atoms with Gasteiger partial charge in [-0.2, -0.15) is 0 Å². The summed E-state index contributed by atoms with van der Waals surface area (Å²) in [5.41, 5.74) is 0.843. The Balaban J connectivity index is 2.35. The van der Waals surface area contributed by atoms with Crippen LogP contribution in [0.4, 0.5) is 17.3 Å². The number of anilines is 2. The maximum atomic E-state index is 11.8. The van der Waals surface area contributed by atoms with Crippen LogP contribution in [-0.2, 0) is 9.47 Å². The first-order valence-electron chi connectivity index (χ1n) is 8.62. The molecule has 1 N–H and O–H groups in total. The van der Waals surface area contributed by atoms with E-state index in [0.717, 1.165) is 5.56 Å². The molecule has 9 nitrogen and oxygen atoms in total. The molecule has 0 fully saturated rings. The summed E-state index contributed by atoms with van der Waals surface area (Å²) in [5.74, 6) is 0.424. The SMILES string of the molecule is COCCN(CCOC)c1ncnc(NC(C)c2ccccc2)c1[N+](=O)[O-]. The quantitative estimate of drug-likeness (QED) is 0.472. The number of hydrogen-bond donors (Lipinski definition) is 1. The minimum Gasteiger partial charge on any atom is -0.383 e. The van der Waals surface area contributed by atoms with Crippen molar-refractivity contribution in [1.29, 1.82) is 0 Å². The van der Waals surface area contributed by atoms with E-state index in [4.69, 9.17) is 9.47 Å². The van der Waals surface area contributed by atoms with Crippen molar-refractivity contribution >= 4 is 17.3 Å². The van der Waals surface area contributed by atoms with Gasteiger partial charge in [0, 0.05) is 27.3 Å². The minimum absolute atomic E-state index is 0.154. The molecule has 9 heteroatoms. The highest BCUT2D eigenvalue weighted by molar-refractivity contribution is 5.70. The summed E-state index contributed by atoms with van der Waals surface area (Å²) in [6.07, 6.45) is 1.33. The zero-order valence-electron chi connectivity index (χ0n) is 15.8. The van der Waals surface area contributed by atoms with Crippen LogP contribution in [0, 0.1) is 10.1 Å². The highest BCUT2D eigenvalue weighted by Crippen LogP contribution is 2.33. The molecule has 0 spiro atoms. The summed E-state index contributed by atoms with van der Waals surface area (Å²) >= 11 is 0. The lowest BCUT2D eigenvalue weighted by atomic mass is 10.1. The van der Waals surface area contributed by atoms with Crippen molar-refractivity contribution in [3.63, 3.8) is 0 Å². The lowest BCUT2D eigenvalue weighted by Crippen LogP contribution is -2.32. The minimum atomic E-state index is -0.456. The van der Waals surface area contributed by atoms with Crippen LogP contribution in [0.1, 0.15) is 18.5 Å². The molecule has 146 valence electrons. The first-order chi connectivity index (χ1) is 13.1. The van der Waals surface area contributed by atoms with E-state index >= 15 is 0 Å². The number of nitro groups is 1. The molecule has 0 amide bonds. The number of nitrogens with one attached hydrogen (secondary N) is 1. The zero-order valence-corrected chi connectivity index (χ0v) is 15.8. The van der Waals surface area contributed by atoms with Crippen molar-refractivity contribution < 1.29 is 14.4 Å². The molecular weight excluding hydrogens is 350 g/mol. The Hall–Kier alpha value is -2.78. The van der Waals surface area contributed by atoms with Crippen molar-refractivity contribution in [2.24, 2.45) is 0 Å². The van der Waals surface area contributed by atoms with Crippen LogP contribution in [0.25, 0.3) is 0 Å². The molecule has 2 aromatic rings. The first kappa shape index (κ1) is 20.5. The van der Waals surface area contributed by atoms with E-state index < -0.39 is 4.92 Å². The van der Waals surface area contributed by atoms with E-state index in [2.05, 4.69) is 15.3 Å². The van der Waals surface area contributed by atoms with Gasteiger partial charge in [-0.15, -0.1) is 0 Å². The lowest BCUT2D eigenvalue weighted by molar-refractivity contribution is -0.383. The molecule has 0 bridgehead atoms. The summed E-state index contributed by atoms with van der Waals surface area (Å²) < 4.78 is 10.2. The normalized spacial score (nSPS) is 11.8. The molecule has 0 aliphatic heterocycles. The third-order valence-electron chi connectivity index (χ3n) is 4.07. The van der Waals surface area contributed by atoms with Crippen LogP contribution in [-0.4, -0.2) is 55.4 Å². The second-order valence-corrected chi connectivity index (χ2v) is 5.90. The third-order valence-corrected chi connectivity index (χ3v) is 4.07. The average Bonchev–Trinajstić information content (AvgIpc) is 2.68. The molecule has 0 aliphatic rings. The molecule has 0 saturated heterocycles. The molecule has 1 atom stereocenters. The Labute approximate surface area is 158 Å². The number of ether oxygens (including phenoxy) is 2. The Bertz CT molecular complexity index is 721. The van der Waals surface area contributed by atoms with Gasteiger partial charge in [0.2, 0.25) is 11.6 Å². The van der Waals surface area contributed by atoms with Gasteiger partial charge in [-0.25, -0.2) is 9.97 Å². The van der Waals surface area contributed by atoms with E-state index in [0.29, 0.717) is 26.3 Å². The fraction of sp³-hybridized carbons (Fsp3) is 0.444. The molecule has 1 heterocycles. The third kappa shape index (κ3) is 5.60. The number of methoxy groups -OCH3 is 2. The van der Waals surface area contributed by atoms with E-state index in [1.165, 1.54) is 6.33 Å². The smallest absolute Gasteiger partial charge is 0.353 e. The number of hydrogen-bond acceptors (Lipinski definition) is 8. The van der Waals surface area contributed by atoms with Gasteiger partial charge in [-0.1, -0.05) is 30.3 Å². The standard InChI is InChI=1S/C18H25N5O4/c1-14(15-7-5-4-6-8-15)21-17-16(23(24)25)18(20-13-19-17)22(9-11-26-2)10-12-27-3/h4-8,13-14H,9-12H2,1-3H3,(H,19,20,21). The second-order valence-electron chi connectivity index (χ2n) is 5.90. The van der Waals surface area contributed by atoms with Gasteiger partial charge in [0.25, 0.3) is 0 Å². The van der Waals surface area contributed by atoms with Crippen molar-refractivity contribution in [1.82, 2.24) is 9.97 Å². The van der Waals surface area contributed by atoms with E-state index in [-0.39, 0.29) is 23.4 Å². The summed E-state index contributed by atoms with van der Waals surface area (Å²) in [6, 6.07) is 9.52. The number of aromatic nitrogens is 2. The lowest BCUT2D eigenvalue weighted by Gasteiger charge is -2.23. The van der Waals surface area contributed by atoms with Crippen LogP contribution in [0.3, 0.4) is 0 Å². The molecular formula is C18H25N5O4. The fourth-order valence-electron chi connectivity index (χ4n) is 2.63. The Morgan fingerprint density at radius 2 is 1.78 bits per heavy atom. The Morgan fingerprint density at radius 1 is 1.15 bits per heavy atom. The predicted molar refractivity (Wildman–Crippen MR) is 103 cm³/mol. The number of rotatable bonds is 11. The Kier molecular flexibility index (Phi) is 7.90.